The first-order valence-corrected chi connectivity index (χ1v) is 9.40. The van der Waals surface area contributed by atoms with Crippen LogP contribution in [0.1, 0.15) is 31.2 Å². The van der Waals surface area contributed by atoms with Crippen LogP contribution in [-0.4, -0.2) is 45.6 Å². The number of carbonyl (C=O) groups excluding carboxylic acids is 1. The van der Waals surface area contributed by atoms with E-state index in [1.165, 1.54) is 23.9 Å². The van der Waals surface area contributed by atoms with Crippen LogP contribution in [-0.2, 0) is 9.53 Å². The summed E-state index contributed by atoms with van der Waals surface area (Å²) in [5, 5.41) is 10.0. The van der Waals surface area contributed by atoms with E-state index in [2.05, 4.69) is 20.5 Å². The molecule has 1 aromatic heterocycles. The molecule has 2 N–H and O–H groups in total. The summed E-state index contributed by atoms with van der Waals surface area (Å²) in [6.07, 6.45) is 5.74. The number of hydrogen-bond acceptors (Lipinski definition) is 5. The fourth-order valence-corrected chi connectivity index (χ4v) is 3.27. The van der Waals surface area contributed by atoms with Crippen molar-refractivity contribution in [3.8, 4) is 0 Å². The van der Waals surface area contributed by atoms with Crippen LogP contribution in [0.4, 0.5) is 4.39 Å². The molecule has 138 valence electrons. The van der Waals surface area contributed by atoms with Crippen molar-refractivity contribution < 1.29 is 13.9 Å². The minimum absolute atomic E-state index is 0.0568. The lowest BCUT2D eigenvalue weighted by molar-refractivity contribution is -0.120. The zero-order valence-electron chi connectivity index (χ0n) is 14.4. The Labute approximate surface area is 155 Å². The number of halogens is 1. The maximum absolute atomic E-state index is 12.9. The number of benzene rings is 1. The number of hydrogen-bond donors (Lipinski definition) is 2. The van der Waals surface area contributed by atoms with Gasteiger partial charge in [-0.3, -0.25) is 9.89 Å². The second kappa shape index (κ2) is 8.95. The first kappa shape index (κ1) is 18.6. The van der Waals surface area contributed by atoms with Crippen molar-refractivity contribution in [2.75, 3.05) is 13.2 Å². The summed E-state index contributed by atoms with van der Waals surface area (Å²) in [7, 11) is 0. The van der Waals surface area contributed by atoms with Crippen molar-refractivity contribution in [1.29, 1.82) is 0 Å². The summed E-state index contributed by atoms with van der Waals surface area (Å²) < 4.78 is 18.4. The SMILES string of the molecule is CC(Sc1n[nH]c(/C=C/c2ccc(F)cc2)n1)C(=O)NCC1CCCO1. The normalized spacial score (nSPS) is 18.3. The average molecular weight is 376 g/mol. The van der Waals surface area contributed by atoms with Crippen LogP contribution >= 0.6 is 11.8 Å². The number of amides is 1. The Balaban J connectivity index is 1.49. The number of nitrogens with zero attached hydrogens (tertiary/aromatic N) is 2. The third-order valence-corrected chi connectivity index (χ3v) is 4.93. The van der Waals surface area contributed by atoms with Crippen LogP contribution in [0.15, 0.2) is 29.4 Å². The van der Waals surface area contributed by atoms with Crippen LogP contribution in [0.5, 0.6) is 0 Å². The third kappa shape index (κ3) is 5.40. The van der Waals surface area contributed by atoms with Gasteiger partial charge in [0.25, 0.3) is 0 Å². The van der Waals surface area contributed by atoms with E-state index in [4.69, 9.17) is 4.74 Å². The molecular formula is C18H21FN4O2S. The zero-order chi connectivity index (χ0) is 18.4. The molecule has 1 fully saturated rings. The van der Waals surface area contributed by atoms with Gasteiger partial charge in [-0.1, -0.05) is 30.0 Å². The molecule has 1 aliphatic heterocycles. The molecule has 1 saturated heterocycles. The molecule has 0 spiro atoms. The van der Waals surface area contributed by atoms with Gasteiger partial charge in [0.15, 0.2) is 0 Å². The molecule has 2 unspecified atom stereocenters. The summed E-state index contributed by atoms with van der Waals surface area (Å²) in [6, 6.07) is 6.16. The Morgan fingerprint density at radius 1 is 1.46 bits per heavy atom. The number of thioether (sulfide) groups is 1. The first-order valence-electron chi connectivity index (χ1n) is 8.52. The first-order chi connectivity index (χ1) is 12.6. The van der Waals surface area contributed by atoms with Crippen molar-refractivity contribution in [2.45, 2.75) is 36.3 Å². The van der Waals surface area contributed by atoms with Crippen molar-refractivity contribution in [3.05, 3.63) is 41.5 Å². The predicted octanol–water partition coefficient (Wildman–Crippen LogP) is 2.89. The molecular weight excluding hydrogens is 355 g/mol. The van der Waals surface area contributed by atoms with Gasteiger partial charge < -0.3 is 10.1 Å². The average Bonchev–Trinajstić information content (AvgIpc) is 3.31. The standard InChI is InChI=1S/C18H21FN4O2S/c1-12(17(24)20-11-15-3-2-10-25-15)26-18-21-16(22-23-18)9-6-13-4-7-14(19)8-5-13/h4-9,12,15H,2-3,10-11H2,1H3,(H,20,24)(H,21,22,23)/b9-6+. The van der Waals surface area contributed by atoms with Gasteiger partial charge in [-0.25, -0.2) is 9.37 Å². The number of carbonyl (C=O) groups is 1. The van der Waals surface area contributed by atoms with Gasteiger partial charge in [0.2, 0.25) is 11.1 Å². The fourth-order valence-electron chi connectivity index (χ4n) is 2.51. The lowest BCUT2D eigenvalue weighted by atomic mass is 10.2. The van der Waals surface area contributed by atoms with Crippen LogP contribution in [0.25, 0.3) is 12.2 Å². The number of H-pyrrole nitrogens is 1. The molecule has 1 amide bonds. The van der Waals surface area contributed by atoms with Crippen molar-refractivity contribution in [1.82, 2.24) is 20.5 Å². The minimum atomic E-state index is -0.305. The smallest absolute Gasteiger partial charge is 0.233 e. The van der Waals surface area contributed by atoms with E-state index in [0.29, 0.717) is 17.5 Å². The van der Waals surface area contributed by atoms with E-state index in [1.54, 1.807) is 18.2 Å². The minimum Gasteiger partial charge on any atom is -0.376 e. The summed E-state index contributed by atoms with van der Waals surface area (Å²) in [6.45, 7) is 3.14. The van der Waals surface area contributed by atoms with Crippen molar-refractivity contribution in [2.24, 2.45) is 0 Å². The molecule has 26 heavy (non-hydrogen) atoms. The number of aromatic nitrogens is 3. The maximum Gasteiger partial charge on any atom is 0.233 e. The molecule has 3 rings (SSSR count). The molecule has 8 heteroatoms. The summed E-state index contributed by atoms with van der Waals surface area (Å²) in [5.41, 5.74) is 0.860. The lowest BCUT2D eigenvalue weighted by Crippen LogP contribution is -2.36. The van der Waals surface area contributed by atoms with Crippen molar-refractivity contribution in [3.63, 3.8) is 0 Å². The largest absolute Gasteiger partial charge is 0.376 e. The Bertz CT molecular complexity index is 757. The zero-order valence-corrected chi connectivity index (χ0v) is 15.3. The number of ether oxygens (including phenoxy) is 1. The molecule has 0 bridgehead atoms. The van der Waals surface area contributed by atoms with Gasteiger partial charge in [-0.2, -0.15) is 0 Å². The van der Waals surface area contributed by atoms with Gasteiger partial charge >= 0.3 is 0 Å². The fraction of sp³-hybridized carbons (Fsp3) is 0.389. The highest BCUT2D eigenvalue weighted by molar-refractivity contribution is 8.00. The predicted molar refractivity (Wildman–Crippen MR) is 99.0 cm³/mol. The van der Waals surface area contributed by atoms with Gasteiger partial charge in [0, 0.05) is 13.2 Å². The molecule has 2 atom stereocenters. The Morgan fingerprint density at radius 3 is 3.00 bits per heavy atom. The number of aromatic amines is 1. The van der Waals surface area contributed by atoms with Crippen LogP contribution in [0, 0.1) is 5.82 Å². The molecule has 0 aliphatic carbocycles. The second-order valence-corrected chi connectivity index (χ2v) is 7.34. The maximum atomic E-state index is 12.9. The molecule has 0 radical (unpaired) electrons. The van der Waals surface area contributed by atoms with Crippen LogP contribution in [0.2, 0.25) is 0 Å². The Morgan fingerprint density at radius 2 is 2.27 bits per heavy atom. The summed E-state index contributed by atoms with van der Waals surface area (Å²) in [4.78, 5) is 16.5. The molecule has 2 heterocycles. The third-order valence-electron chi connectivity index (χ3n) is 3.97. The van der Waals surface area contributed by atoms with E-state index >= 15 is 0 Å². The highest BCUT2D eigenvalue weighted by atomic mass is 32.2. The quantitative estimate of drug-likeness (QED) is 0.727. The molecule has 6 nitrogen and oxygen atoms in total. The van der Waals surface area contributed by atoms with Crippen LogP contribution < -0.4 is 5.32 Å². The highest BCUT2D eigenvalue weighted by Crippen LogP contribution is 2.20. The number of nitrogens with one attached hydrogen (secondary N) is 2. The Hall–Kier alpha value is -2.19. The van der Waals surface area contributed by atoms with E-state index < -0.39 is 0 Å². The molecule has 2 aromatic rings. The molecule has 0 saturated carbocycles. The van der Waals surface area contributed by atoms with Gasteiger partial charge in [0.05, 0.1) is 11.4 Å². The number of rotatable bonds is 7. The van der Waals surface area contributed by atoms with Gasteiger partial charge in [-0.15, -0.1) is 5.10 Å². The van der Waals surface area contributed by atoms with Crippen molar-refractivity contribution >= 4 is 29.8 Å². The summed E-state index contributed by atoms with van der Waals surface area (Å²) in [5.74, 6) is 0.245. The van der Waals surface area contributed by atoms with E-state index in [9.17, 15) is 9.18 Å². The van der Waals surface area contributed by atoms with E-state index in [0.717, 1.165) is 25.0 Å². The van der Waals surface area contributed by atoms with Crippen LogP contribution in [0.3, 0.4) is 0 Å². The topological polar surface area (TPSA) is 79.9 Å². The lowest BCUT2D eigenvalue weighted by Gasteiger charge is -2.13. The van der Waals surface area contributed by atoms with Gasteiger partial charge in [0.1, 0.15) is 11.6 Å². The molecule has 1 aromatic carbocycles. The molecule has 1 aliphatic rings. The van der Waals surface area contributed by atoms with E-state index in [-0.39, 0.29) is 23.1 Å². The van der Waals surface area contributed by atoms with Gasteiger partial charge in [-0.05, 0) is 43.5 Å². The second-order valence-electron chi connectivity index (χ2n) is 6.03. The Kier molecular flexibility index (Phi) is 6.40. The highest BCUT2D eigenvalue weighted by Gasteiger charge is 2.20. The van der Waals surface area contributed by atoms with E-state index in [1.807, 2.05) is 13.0 Å². The summed E-state index contributed by atoms with van der Waals surface area (Å²) >= 11 is 1.29. The monoisotopic (exact) mass is 376 g/mol.